The number of carbonyl (C=O) groups is 3. The highest BCUT2D eigenvalue weighted by Gasteiger charge is 2.20. The predicted molar refractivity (Wildman–Crippen MR) is 77.0 cm³/mol. The molecule has 1 heterocycles. The van der Waals surface area contributed by atoms with Gasteiger partial charge in [0.25, 0.3) is 5.91 Å². The zero-order valence-corrected chi connectivity index (χ0v) is 12.7. The molecule has 0 fully saturated rings. The largest absolute Gasteiger partial charge is 0.480 e. The lowest BCUT2D eigenvalue weighted by Gasteiger charge is -2.26. The molecule has 1 aromatic rings. The van der Waals surface area contributed by atoms with Crippen LogP contribution in [-0.2, 0) is 20.9 Å². The van der Waals surface area contributed by atoms with E-state index in [-0.39, 0.29) is 6.04 Å². The van der Waals surface area contributed by atoms with Gasteiger partial charge >= 0.3 is 12.0 Å². The van der Waals surface area contributed by atoms with Crippen LogP contribution in [0.1, 0.15) is 18.7 Å². The summed E-state index contributed by atoms with van der Waals surface area (Å²) in [7, 11) is 0. The highest BCUT2D eigenvalue weighted by Crippen LogP contribution is 2.13. The number of aliphatic carboxylic acids is 1. The van der Waals surface area contributed by atoms with Crippen LogP contribution in [0.3, 0.4) is 0 Å². The van der Waals surface area contributed by atoms with Crippen molar-refractivity contribution in [3.05, 3.63) is 22.4 Å². The number of rotatable bonds is 7. The molecule has 3 amide bonds. The molecule has 0 bridgehead atoms. The molecule has 0 aliphatic rings. The number of imide groups is 1. The Balaban J connectivity index is 2.49. The van der Waals surface area contributed by atoms with Crippen molar-refractivity contribution in [3.63, 3.8) is 0 Å². The first-order valence-electron chi connectivity index (χ1n) is 6.32. The highest BCUT2D eigenvalue weighted by atomic mass is 32.1. The number of carboxylic acids is 1. The van der Waals surface area contributed by atoms with E-state index in [4.69, 9.17) is 5.11 Å². The van der Waals surface area contributed by atoms with Crippen molar-refractivity contribution in [3.8, 4) is 0 Å². The Morgan fingerprint density at radius 3 is 2.62 bits per heavy atom. The number of hydrogen-bond donors (Lipinski definition) is 2. The Kier molecular flexibility index (Phi) is 6.83. The van der Waals surface area contributed by atoms with Gasteiger partial charge in [-0.15, -0.1) is 11.3 Å². The lowest BCUT2D eigenvalue weighted by Crippen LogP contribution is -2.46. The summed E-state index contributed by atoms with van der Waals surface area (Å²) >= 11 is 1.53. The standard InChI is InChI=1S/C13H18N2O5S/c1-9(2)15(6-10-4-3-5-21-10)13(19)14-11(16)7-20-8-12(17)18/h3-5,9H,6-8H2,1-2H3,(H,17,18)(H,14,16,19). The molecular formula is C13H18N2O5S. The number of urea groups is 1. The van der Waals surface area contributed by atoms with Gasteiger partial charge in [-0.3, -0.25) is 10.1 Å². The molecule has 0 saturated carbocycles. The lowest BCUT2D eigenvalue weighted by atomic mass is 10.3. The maximum atomic E-state index is 12.0. The van der Waals surface area contributed by atoms with E-state index < -0.39 is 31.1 Å². The fourth-order valence-electron chi connectivity index (χ4n) is 1.52. The third-order valence-electron chi connectivity index (χ3n) is 2.50. The second kappa shape index (κ2) is 8.38. The number of nitrogens with one attached hydrogen (secondary N) is 1. The maximum absolute atomic E-state index is 12.0. The first-order chi connectivity index (χ1) is 9.90. The van der Waals surface area contributed by atoms with Crippen LogP contribution in [0.2, 0.25) is 0 Å². The molecule has 116 valence electrons. The second-order valence-corrected chi connectivity index (χ2v) is 5.57. The van der Waals surface area contributed by atoms with Crippen LogP contribution in [0.4, 0.5) is 4.79 Å². The van der Waals surface area contributed by atoms with Crippen LogP contribution in [0.5, 0.6) is 0 Å². The van der Waals surface area contributed by atoms with Crippen molar-refractivity contribution in [1.82, 2.24) is 10.2 Å². The molecule has 8 heteroatoms. The normalized spacial score (nSPS) is 10.4. The highest BCUT2D eigenvalue weighted by molar-refractivity contribution is 7.09. The molecule has 0 saturated heterocycles. The number of carbonyl (C=O) groups excluding carboxylic acids is 2. The minimum absolute atomic E-state index is 0.0835. The first kappa shape index (κ1) is 17.1. The summed E-state index contributed by atoms with van der Waals surface area (Å²) in [5.41, 5.74) is 0. The molecule has 1 rings (SSSR count). The SMILES string of the molecule is CC(C)N(Cc1cccs1)C(=O)NC(=O)COCC(=O)O. The fourth-order valence-corrected chi connectivity index (χ4v) is 2.22. The summed E-state index contributed by atoms with van der Waals surface area (Å²) in [4.78, 5) is 36.3. The third kappa shape index (κ3) is 6.37. The summed E-state index contributed by atoms with van der Waals surface area (Å²) in [5, 5.41) is 12.5. The topological polar surface area (TPSA) is 95.9 Å². The van der Waals surface area contributed by atoms with Gasteiger partial charge in [0.05, 0.1) is 6.54 Å². The van der Waals surface area contributed by atoms with Gasteiger partial charge in [0.15, 0.2) is 0 Å². The Hall–Kier alpha value is -1.93. The fraction of sp³-hybridized carbons (Fsp3) is 0.462. The van der Waals surface area contributed by atoms with Crippen molar-refractivity contribution in [1.29, 1.82) is 0 Å². The smallest absolute Gasteiger partial charge is 0.329 e. The van der Waals surface area contributed by atoms with Crippen molar-refractivity contribution in [2.45, 2.75) is 26.4 Å². The van der Waals surface area contributed by atoms with Crippen molar-refractivity contribution in [2.75, 3.05) is 13.2 Å². The second-order valence-electron chi connectivity index (χ2n) is 4.54. The van der Waals surface area contributed by atoms with E-state index in [2.05, 4.69) is 10.1 Å². The van der Waals surface area contributed by atoms with Gasteiger partial charge < -0.3 is 14.7 Å². The van der Waals surface area contributed by atoms with E-state index in [0.29, 0.717) is 6.54 Å². The molecule has 2 N–H and O–H groups in total. The molecule has 0 aliphatic heterocycles. The Morgan fingerprint density at radius 1 is 1.38 bits per heavy atom. The molecule has 0 aromatic carbocycles. The van der Waals surface area contributed by atoms with Gasteiger partial charge in [0.1, 0.15) is 13.2 Å². The summed E-state index contributed by atoms with van der Waals surface area (Å²) in [6.07, 6.45) is 0. The van der Waals surface area contributed by atoms with Crippen molar-refractivity contribution in [2.24, 2.45) is 0 Å². The number of hydrogen-bond acceptors (Lipinski definition) is 5. The van der Waals surface area contributed by atoms with E-state index in [1.807, 2.05) is 31.4 Å². The minimum Gasteiger partial charge on any atom is -0.480 e. The van der Waals surface area contributed by atoms with E-state index in [1.165, 1.54) is 16.2 Å². The van der Waals surface area contributed by atoms with Gasteiger partial charge in [0.2, 0.25) is 0 Å². The van der Waals surface area contributed by atoms with Crippen LogP contribution in [-0.4, -0.2) is 47.2 Å². The summed E-state index contributed by atoms with van der Waals surface area (Å²) in [6.45, 7) is 3.05. The summed E-state index contributed by atoms with van der Waals surface area (Å²) in [6, 6.07) is 3.19. The zero-order valence-electron chi connectivity index (χ0n) is 11.9. The van der Waals surface area contributed by atoms with E-state index in [1.54, 1.807) is 0 Å². The van der Waals surface area contributed by atoms with Crippen LogP contribution in [0.15, 0.2) is 17.5 Å². The Bertz CT molecular complexity index is 487. The molecule has 1 aromatic heterocycles. The van der Waals surface area contributed by atoms with Gasteiger partial charge in [-0.25, -0.2) is 9.59 Å². The van der Waals surface area contributed by atoms with E-state index in [9.17, 15) is 14.4 Å². The molecule has 21 heavy (non-hydrogen) atoms. The number of thiophene rings is 1. The number of amides is 3. The third-order valence-corrected chi connectivity index (χ3v) is 3.36. The summed E-state index contributed by atoms with van der Waals surface area (Å²) in [5.74, 6) is -1.84. The quantitative estimate of drug-likeness (QED) is 0.791. The Labute approximate surface area is 126 Å². The van der Waals surface area contributed by atoms with Gasteiger partial charge in [-0.1, -0.05) is 6.07 Å². The van der Waals surface area contributed by atoms with Gasteiger partial charge in [-0.05, 0) is 25.3 Å². The average molecular weight is 314 g/mol. The van der Waals surface area contributed by atoms with Gasteiger partial charge in [0, 0.05) is 10.9 Å². The molecule has 0 aliphatic carbocycles. The monoisotopic (exact) mass is 314 g/mol. The number of nitrogens with zero attached hydrogens (tertiary/aromatic N) is 1. The van der Waals surface area contributed by atoms with Crippen LogP contribution >= 0.6 is 11.3 Å². The van der Waals surface area contributed by atoms with Gasteiger partial charge in [-0.2, -0.15) is 0 Å². The Morgan fingerprint density at radius 2 is 2.10 bits per heavy atom. The first-order valence-corrected chi connectivity index (χ1v) is 7.20. The molecule has 0 atom stereocenters. The van der Waals surface area contributed by atoms with Crippen molar-refractivity contribution < 1.29 is 24.2 Å². The minimum atomic E-state index is -1.17. The van der Waals surface area contributed by atoms with Crippen molar-refractivity contribution >= 4 is 29.2 Å². The van der Waals surface area contributed by atoms with Crippen LogP contribution < -0.4 is 5.32 Å². The van der Waals surface area contributed by atoms with Crippen LogP contribution in [0, 0.1) is 0 Å². The zero-order chi connectivity index (χ0) is 15.8. The molecule has 0 spiro atoms. The maximum Gasteiger partial charge on any atom is 0.329 e. The summed E-state index contributed by atoms with van der Waals surface area (Å²) < 4.78 is 4.62. The number of ether oxygens (including phenoxy) is 1. The molecule has 7 nitrogen and oxygen atoms in total. The van der Waals surface area contributed by atoms with E-state index in [0.717, 1.165) is 4.88 Å². The molecule has 0 radical (unpaired) electrons. The molecular weight excluding hydrogens is 296 g/mol. The lowest BCUT2D eigenvalue weighted by molar-refractivity contribution is -0.143. The average Bonchev–Trinajstić information content (AvgIpc) is 2.87. The molecule has 0 unspecified atom stereocenters. The number of carboxylic acid groups (broad SMARTS) is 1. The van der Waals surface area contributed by atoms with E-state index >= 15 is 0 Å². The predicted octanol–water partition coefficient (Wildman–Crippen LogP) is 1.30. The van der Waals surface area contributed by atoms with Crippen LogP contribution in [0.25, 0.3) is 0 Å².